The molecule has 1 unspecified atom stereocenters. The molecular formula is C9H9BrN2O6S. The molecule has 0 amide bonds. The molecule has 0 radical (unpaired) electrons. The Labute approximate surface area is 116 Å². The van der Waals surface area contributed by atoms with Gasteiger partial charge in [0.1, 0.15) is 0 Å². The van der Waals surface area contributed by atoms with Crippen LogP contribution in [0.4, 0.5) is 11.4 Å². The molecule has 0 heterocycles. The zero-order valence-electron chi connectivity index (χ0n) is 9.53. The summed E-state index contributed by atoms with van der Waals surface area (Å²) in [6, 6.07) is 3.39. The highest BCUT2D eigenvalue weighted by atomic mass is 79.9. The van der Waals surface area contributed by atoms with Gasteiger partial charge in [-0.25, -0.2) is 8.42 Å². The number of carboxylic acids is 1. The van der Waals surface area contributed by atoms with Crippen LogP contribution in [0.1, 0.15) is 6.92 Å². The molecule has 0 bridgehead atoms. The highest BCUT2D eigenvalue weighted by Crippen LogP contribution is 2.28. The molecule has 2 N–H and O–H groups in total. The molecule has 0 aliphatic carbocycles. The normalized spacial score (nSPS) is 12.7. The average molecular weight is 353 g/mol. The van der Waals surface area contributed by atoms with E-state index in [2.05, 4.69) is 20.7 Å². The van der Waals surface area contributed by atoms with E-state index in [0.717, 1.165) is 19.1 Å². The van der Waals surface area contributed by atoms with E-state index in [1.807, 2.05) is 0 Å². The minimum Gasteiger partial charge on any atom is -0.480 e. The summed E-state index contributed by atoms with van der Waals surface area (Å²) in [6.45, 7) is 1.02. The van der Waals surface area contributed by atoms with Crippen LogP contribution in [0.5, 0.6) is 0 Å². The van der Waals surface area contributed by atoms with E-state index in [9.17, 15) is 23.3 Å². The molecule has 0 saturated heterocycles. The third-order valence-corrected chi connectivity index (χ3v) is 4.52. The van der Waals surface area contributed by atoms with Crippen LogP contribution in [-0.4, -0.2) is 29.7 Å². The second-order valence-corrected chi connectivity index (χ2v) is 6.40. The first kappa shape index (κ1) is 15.4. The van der Waals surface area contributed by atoms with Crippen molar-refractivity contribution in [2.75, 3.05) is 4.72 Å². The summed E-state index contributed by atoms with van der Waals surface area (Å²) in [5, 5.41) is 17.5. The maximum atomic E-state index is 11.7. The van der Waals surface area contributed by atoms with Crippen LogP contribution in [0.15, 0.2) is 22.7 Å². The topological polar surface area (TPSA) is 127 Å². The third kappa shape index (κ3) is 3.64. The summed E-state index contributed by atoms with van der Waals surface area (Å²) >= 11 is 2.98. The molecule has 1 rings (SSSR count). The van der Waals surface area contributed by atoms with E-state index in [1.165, 1.54) is 6.07 Å². The summed E-state index contributed by atoms with van der Waals surface area (Å²) in [4.78, 5) is 20.5. The van der Waals surface area contributed by atoms with Gasteiger partial charge in [0.15, 0.2) is 5.25 Å². The monoisotopic (exact) mass is 352 g/mol. The number of nitrogens with zero attached hydrogens (tertiary/aromatic N) is 1. The molecule has 0 aromatic heterocycles. The van der Waals surface area contributed by atoms with Crippen molar-refractivity contribution in [2.45, 2.75) is 12.2 Å². The van der Waals surface area contributed by atoms with E-state index < -0.39 is 26.2 Å². The largest absolute Gasteiger partial charge is 0.480 e. The fraction of sp³-hybridized carbons (Fsp3) is 0.222. The molecule has 8 nitrogen and oxygen atoms in total. The number of anilines is 1. The molecule has 0 fully saturated rings. The number of hydrogen-bond donors (Lipinski definition) is 2. The Morgan fingerprint density at radius 1 is 1.53 bits per heavy atom. The maximum Gasteiger partial charge on any atom is 0.323 e. The predicted molar refractivity (Wildman–Crippen MR) is 70.4 cm³/mol. The number of benzene rings is 1. The number of carbonyl (C=O) groups is 1. The van der Waals surface area contributed by atoms with Crippen LogP contribution in [0.3, 0.4) is 0 Å². The summed E-state index contributed by atoms with van der Waals surface area (Å²) in [6.07, 6.45) is 0. The standard InChI is InChI=1S/C9H9BrN2O6S/c1-5(9(13)14)19(17,18)11-8-3-2-6(12(15)16)4-7(8)10/h2-5,11H,1H3,(H,13,14). The van der Waals surface area contributed by atoms with E-state index in [1.54, 1.807) is 0 Å². The van der Waals surface area contributed by atoms with Crippen molar-refractivity contribution < 1.29 is 23.2 Å². The highest BCUT2D eigenvalue weighted by Gasteiger charge is 2.28. The number of halogens is 1. The second-order valence-electron chi connectivity index (χ2n) is 3.55. The summed E-state index contributed by atoms with van der Waals surface area (Å²) < 4.78 is 25.5. The number of nitrogens with one attached hydrogen (secondary N) is 1. The number of non-ortho nitro benzene ring substituents is 1. The number of carboxylic acid groups (broad SMARTS) is 1. The van der Waals surface area contributed by atoms with Crippen molar-refractivity contribution in [3.05, 3.63) is 32.8 Å². The lowest BCUT2D eigenvalue weighted by atomic mass is 10.3. The fourth-order valence-electron chi connectivity index (χ4n) is 1.07. The van der Waals surface area contributed by atoms with Crippen LogP contribution in [0.2, 0.25) is 0 Å². The van der Waals surface area contributed by atoms with Gasteiger partial charge in [0.2, 0.25) is 10.0 Å². The van der Waals surface area contributed by atoms with Crippen LogP contribution < -0.4 is 4.72 Å². The molecule has 0 aliphatic heterocycles. The van der Waals surface area contributed by atoms with Crippen molar-refractivity contribution in [1.82, 2.24) is 0 Å². The molecule has 0 aliphatic rings. The molecule has 104 valence electrons. The Hall–Kier alpha value is -1.68. The summed E-state index contributed by atoms with van der Waals surface area (Å²) in [5.74, 6) is -1.49. The quantitative estimate of drug-likeness (QED) is 0.611. The van der Waals surface area contributed by atoms with Gasteiger partial charge in [-0.1, -0.05) is 0 Å². The van der Waals surface area contributed by atoms with E-state index in [-0.39, 0.29) is 15.8 Å². The Kier molecular flexibility index (Phi) is 4.48. The number of aliphatic carboxylic acids is 1. The number of hydrogen-bond acceptors (Lipinski definition) is 5. The van der Waals surface area contributed by atoms with E-state index in [0.29, 0.717) is 0 Å². The lowest BCUT2D eigenvalue weighted by Gasteiger charge is -2.12. The summed E-state index contributed by atoms with van der Waals surface area (Å²) in [7, 11) is -4.12. The first-order valence-corrected chi connectivity index (χ1v) is 7.17. The third-order valence-electron chi connectivity index (χ3n) is 2.23. The highest BCUT2D eigenvalue weighted by molar-refractivity contribution is 9.10. The molecule has 0 saturated carbocycles. The van der Waals surface area contributed by atoms with Gasteiger partial charge in [-0.3, -0.25) is 19.6 Å². The molecule has 1 aromatic rings. The van der Waals surface area contributed by atoms with Gasteiger partial charge in [-0.15, -0.1) is 0 Å². The zero-order chi connectivity index (χ0) is 14.8. The van der Waals surface area contributed by atoms with Gasteiger partial charge in [0.05, 0.1) is 10.6 Å². The van der Waals surface area contributed by atoms with Gasteiger partial charge in [0.25, 0.3) is 5.69 Å². The van der Waals surface area contributed by atoms with Crippen LogP contribution in [0.25, 0.3) is 0 Å². The van der Waals surface area contributed by atoms with Crippen LogP contribution >= 0.6 is 15.9 Å². The molecule has 19 heavy (non-hydrogen) atoms. The Bertz CT molecular complexity index is 630. The molecule has 1 aromatic carbocycles. The van der Waals surface area contributed by atoms with Crippen molar-refractivity contribution in [3.63, 3.8) is 0 Å². The fourth-order valence-corrected chi connectivity index (χ4v) is 2.60. The second kappa shape index (κ2) is 5.53. The van der Waals surface area contributed by atoms with E-state index in [4.69, 9.17) is 5.11 Å². The zero-order valence-corrected chi connectivity index (χ0v) is 11.9. The molecular weight excluding hydrogens is 344 g/mol. The lowest BCUT2D eigenvalue weighted by molar-refractivity contribution is -0.384. The Morgan fingerprint density at radius 2 is 2.11 bits per heavy atom. The number of nitro groups is 1. The van der Waals surface area contributed by atoms with Crippen molar-refractivity contribution >= 4 is 43.3 Å². The molecule has 1 atom stereocenters. The predicted octanol–water partition coefficient (Wildman–Crippen LogP) is 1.57. The molecule has 0 spiro atoms. The first-order valence-electron chi connectivity index (χ1n) is 4.83. The number of sulfonamides is 1. The van der Waals surface area contributed by atoms with E-state index >= 15 is 0 Å². The van der Waals surface area contributed by atoms with Crippen LogP contribution in [0, 0.1) is 10.1 Å². The van der Waals surface area contributed by atoms with Gasteiger partial charge in [-0.2, -0.15) is 0 Å². The summed E-state index contributed by atoms with van der Waals surface area (Å²) in [5.41, 5.74) is -0.195. The van der Waals surface area contributed by atoms with Crippen molar-refractivity contribution in [2.24, 2.45) is 0 Å². The minimum absolute atomic E-state index is 0.0266. The Morgan fingerprint density at radius 3 is 2.53 bits per heavy atom. The Balaban J connectivity index is 3.07. The van der Waals surface area contributed by atoms with Gasteiger partial charge in [-0.05, 0) is 28.9 Å². The number of nitro benzene ring substituents is 1. The smallest absolute Gasteiger partial charge is 0.323 e. The lowest BCUT2D eigenvalue weighted by Crippen LogP contribution is -2.32. The molecule has 10 heteroatoms. The maximum absolute atomic E-state index is 11.7. The van der Waals surface area contributed by atoms with Gasteiger partial charge < -0.3 is 5.11 Å². The first-order chi connectivity index (χ1) is 8.65. The minimum atomic E-state index is -4.12. The average Bonchev–Trinajstić information content (AvgIpc) is 2.30. The van der Waals surface area contributed by atoms with Gasteiger partial charge >= 0.3 is 5.97 Å². The van der Waals surface area contributed by atoms with Crippen molar-refractivity contribution in [1.29, 1.82) is 0 Å². The van der Waals surface area contributed by atoms with Gasteiger partial charge in [0, 0.05) is 16.6 Å². The van der Waals surface area contributed by atoms with Crippen LogP contribution in [-0.2, 0) is 14.8 Å². The van der Waals surface area contributed by atoms with Crippen molar-refractivity contribution in [3.8, 4) is 0 Å². The number of rotatable bonds is 5. The SMILES string of the molecule is CC(C(=O)O)S(=O)(=O)Nc1ccc([N+](=O)[O-])cc1Br.